The predicted molar refractivity (Wildman–Crippen MR) is 68.3 cm³/mol. The van der Waals surface area contributed by atoms with Gasteiger partial charge in [0, 0.05) is 0 Å². The summed E-state index contributed by atoms with van der Waals surface area (Å²) in [5, 5.41) is 0. The van der Waals surface area contributed by atoms with Gasteiger partial charge in [0.15, 0.2) is 0 Å². The molecule has 0 aliphatic heterocycles. The fraction of sp³-hybridized carbons (Fsp3) is 0.929. The normalized spacial score (nSPS) is 12.8. The molecular weight excluding hydrogens is 200 g/mol. The Morgan fingerprint density at radius 3 is 2.25 bits per heavy atom. The van der Waals surface area contributed by atoms with E-state index >= 15 is 0 Å². The second-order valence-electron chi connectivity index (χ2n) is 5.01. The highest BCUT2D eigenvalue weighted by Gasteiger charge is 2.18. The lowest BCUT2D eigenvalue weighted by Gasteiger charge is -2.16. The molecule has 2 heteroatoms. The fourth-order valence-corrected chi connectivity index (χ4v) is 1.74. The molecule has 0 aromatic heterocycles. The molecule has 0 aliphatic rings. The molecule has 0 fully saturated rings. The van der Waals surface area contributed by atoms with Gasteiger partial charge in [-0.25, -0.2) is 0 Å². The summed E-state index contributed by atoms with van der Waals surface area (Å²) in [6.45, 7) is 9.01. The largest absolute Gasteiger partial charge is 0.465 e. The van der Waals surface area contributed by atoms with Crippen molar-refractivity contribution in [3.63, 3.8) is 0 Å². The van der Waals surface area contributed by atoms with Gasteiger partial charge < -0.3 is 4.74 Å². The average molecular weight is 228 g/mol. The Balaban J connectivity index is 3.92. The van der Waals surface area contributed by atoms with Crippen molar-refractivity contribution < 1.29 is 9.53 Å². The highest BCUT2D eigenvalue weighted by Crippen LogP contribution is 2.17. The molecule has 0 saturated carbocycles. The van der Waals surface area contributed by atoms with Gasteiger partial charge in [-0.1, -0.05) is 53.4 Å². The summed E-state index contributed by atoms with van der Waals surface area (Å²) >= 11 is 0. The van der Waals surface area contributed by atoms with Gasteiger partial charge in [-0.2, -0.15) is 0 Å². The van der Waals surface area contributed by atoms with Crippen LogP contribution >= 0.6 is 0 Å². The van der Waals surface area contributed by atoms with E-state index in [2.05, 4.69) is 27.7 Å². The van der Waals surface area contributed by atoms with Crippen LogP contribution in [0.5, 0.6) is 0 Å². The van der Waals surface area contributed by atoms with Crippen LogP contribution in [-0.2, 0) is 9.53 Å². The first-order valence-corrected chi connectivity index (χ1v) is 6.78. The van der Waals surface area contributed by atoms with Crippen molar-refractivity contribution in [2.75, 3.05) is 6.61 Å². The molecule has 0 amide bonds. The molecule has 0 heterocycles. The molecule has 0 saturated heterocycles. The Morgan fingerprint density at radius 1 is 1.06 bits per heavy atom. The molecule has 16 heavy (non-hydrogen) atoms. The van der Waals surface area contributed by atoms with Gasteiger partial charge in [0.1, 0.15) is 0 Å². The van der Waals surface area contributed by atoms with E-state index in [9.17, 15) is 4.79 Å². The third kappa shape index (κ3) is 7.72. The van der Waals surface area contributed by atoms with E-state index in [1.807, 2.05) is 0 Å². The van der Waals surface area contributed by atoms with Crippen molar-refractivity contribution in [1.29, 1.82) is 0 Å². The maximum absolute atomic E-state index is 11.8. The second kappa shape index (κ2) is 9.68. The van der Waals surface area contributed by atoms with E-state index in [1.54, 1.807) is 0 Å². The van der Waals surface area contributed by atoms with E-state index in [0.717, 1.165) is 25.7 Å². The predicted octanol–water partition coefficient (Wildman–Crippen LogP) is 4.18. The van der Waals surface area contributed by atoms with Crippen molar-refractivity contribution in [3.05, 3.63) is 0 Å². The molecule has 0 radical (unpaired) electrons. The van der Waals surface area contributed by atoms with Crippen LogP contribution < -0.4 is 0 Å². The summed E-state index contributed by atoms with van der Waals surface area (Å²) in [6.07, 6.45) is 6.61. The standard InChI is InChI=1S/C14H28O2/c1-5-7-8-10-13(9-6-2)14(15)16-11-12(3)4/h12-13H,5-11H2,1-4H3. The fourth-order valence-electron chi connectivity index (χ4n) is 1.74. The van der Waals surface area contributed by atoms with Gasteiger partial charge in [-0.05, 0) is 18.8 Å². The number of unbranched alkanes of at least 4 members (excludes halogenated alkanes) is 2. The summed E-state index contributed by atoms with van der Waals surface area (Å²) in [7, 11) is 0. The third-order valence-corrected chi connectivity index (χ3v) is 2.69. The molecule has 1 atom stereocenters. The van der Waals surface area contributed by atoms with E-state index < -0.39 is 0 Å². The zero-order chi connectivity index (χ0) is 12.4. The zero-order valence-electron chi connectivity index (χ0n) is 11.4. The Morgan fingerprint density at radius 2 is 1.75 bits per heavy atom. The SMILES string of the molecule is CCCCCC(CCC)C(=O)OCC(C)C. The van der Waals surface area contributed by atoms with Crippen molar-refractivity contribution in [3.8, 4) is 0 Å². The lowest BCUT2D eigenvalue weighted by atomic mass is 9.97. The third-order valence-electron chi connectivity index (χ3n) is 2.69. The van der Waals surface area contributed by atoms with Crippen LogP contribution in [0.25, 0.3) is 0 Å². The van der Waals surface area contributed by atoms with Crippen LogP contribution in [0.3, 0.4) is 0 Å². The Hall–Kier alpha value is -0.530. The van der Waals surface area contributed by atoms with E-state index in [0.29, 0.717) is 12.5 Å². The lowest BCUT2D eigenvalue weighted by Crippen LogP contribution is -2.20. The van der Waals surface area contributed by atoms with Crippen molar-refractivity contribution >= 4 is 5.97 Å². The Kier molecular flexibility index (Phi) is 9.36. The molecule has 0 rings (SSSR count). The molecular formula is C14H28O2. The first kappa shape index (κ1) is 15.5. The molecule has 96 valence electrons. The molecule has 0 spiro atoms. The summed E-state index contributed by atoms with van der Waals surface area (Å²) in [5.74, 6) is 0.587. The van der Waals surface area contributed by atoms with Crippen molar-refractivity contribution in [2.45, 2.75) is 66.2 Å². The van der Waals surface area contributed by atoms with Gasteiger partial charge in [0.05, 0.1) is 12.5 Å². The Bertz CT molecular complexity index is 176. The molecule has 0 aliphatic carbocycles. The summed E-state index contributed by atoms with van der Waals surface area (Å²) in [5.41, 5.74) is 0. The minimum Gasteiger partial charge on any atom is -0.465 e. The number of esters is 1. The zero-order valence-corrected chi connectivity index (χ0v) is 11.4. The molecule has 0 aromatic carbocycles. The smallest absolute Gasteiger partial charge is 0.308 e. The van der Waals surface area contributed by atoms with Gasteiger partial charge in [-0.3, -0.25) is 4.79 Å². The average Bonchev–Trinajstić information content (AvgIpc) is 2.25. The van der Waals surface area contributed by atoms with Crippen molar-refractivity contribution in [1.82, 2.24) is 0 Å². The highest BCUT2D eigenvalue weighted by molar-refractivity contribution is 5.72. The first-order valence-electron chi connectivity index (χ1n) is 6.78. The number of ether oxygens (including phenoxy) is 1. The monoisotopic (exact) mass is 228 g/mol. The minimum atomic E-state index is 0.0200. The maximum Gasteiger partial charge on any atom is 0.308 e. The number of carbonyl (C=O) groups excluding carboxylic acids is 1. The molecule has 0 aromatic rings. The van der Waals surface area contributed by atoms with Gasteiger partial charge in [0.2, 0.25) is 0 Å². The van der Waals surface area contributed by atoms with Gasteiger partial charge in [0.25, 0.3) is 0 Å². The van der Waals surface area contributed by atoms with Crippen LogP contribution in [0.15, 0.2) is 0 Å². The number of hydrogen-bond acceptors (Lipinski definition) is 2. The highest BCUT2D eigenvalue weighted by atomic mass is 16.5. The van der Waals surface area contributed by atoms with E-state index in [-0.39, 0.29) is 11.9 Å². The first-order chi connectivity index (χ1) is 7.61. The van der Waals surface area contributed by atoms with Crippen LogP contribution in [0.2, 0.25) is 0 Å². The van der Waals surface area contributed by atoms with Crippen molar-refractivity contribution in [2.24, 2.45) is 11.8 Å². The minimum absolute atomic E-state index is 0.0200. The lowest BCUT2D eigenvalue weighted by molar-refractivity contribution is -0.150. The summed E-state index contributed by atoms with van der Waals surface area (Å²) < 4.78 is 5.31. The molecule has 0 bridgehead atoms. The number of rotatable bonds is 9. The van der Waals surface area contributed by atoms with Crippen LogP contribution in [0.1, 0.15) is 66.2 Å². The molecule has 0 N–H and O–H groups in total. The van der Waals surface area contributed by atoms with Crippen LogP contribution in [-0.4, -0.2) is 12.6 Å². The summed E-state index contributed by atoms with van der Waals surface area (Å²) in [6, 6.07) is 0. The van der Waals surface area contributed by atoms with Crippen LogP contribution in [0.4, 0.5) is 0 Å². The second-order valence-corrected chi connectivity index (χ2v) is 5.01. The van der Waals surface area contributed by atoms with E-state index in [4.69, 9.17) is 4.74 Å². The van der Waals surface area contributed by atoms with Crippen LogP contribution in [0, 0.1) is 11.8 Å². The van der Waals surface area contributed by atoms with Gasteiger partial charge >= 0.3 is 5.97 Å². The molecule has 1 unspecified atom stereocenters. The number of hydrogen-bond donors (Lipinski definition) is 0. The summed E-state index contributed by atoms with van der Waals surface area (Å²) in [4.78, 5) is 11.8. The Labute approximate surface area is 101 Å². The van der Waals surface area contributed by atoms with E-state index in [1.165, 1.54) is 12.8 Å². The topological polar surface area (TPSA) is 26.3 Å². The number of carbonyl (C=O) groups is 1. The maximum atomic E-state index is 11.8. The van der Waals surface area contributed by atoms with Gasteiger partial charge in [-0.15, -0.1) is 0 Å². The molecule has 2 nitrogen and oxygen atoms in total. The quantitative estimate of drug-likeness (QED) is 0.437.